The maximum Gasteiger partial charge on any atom is 0.337 e. The van der Waals surface area contributed by atoms with Gasteiger partial charge in [-0.2, -0.15) is 0 Å². The summed E-state index contributed by atoms with van der Waals surface area (Å²) < 4.78 is 18.9. The average molecular weight is 307 g/mol. The molecule has 3 rings (SSSR count). The Kier molecular flexibility index (Phi) is 3.89. The lowest BCUT2D eigenvalue weighted by atomic mass is 9.98. The van der Waals surface area contributed by atoms with Crippen molar-refractivity contribution in [3.63, 3.8) is 0 Å². The molecule has 4 heteroatoms. The van der Waals surface area contributed by atoms with Crippen LogP contribution in [0.2, 0.25) is 0 Å². The molecule has 0 atom stereocenters. The molecule has 0 aliphatic heterocycles. The summed E-state index contributed by atoms with van der Waals surface area (Å²) >= 11 is 0. The van der Waals surface area contributed by atoms with Crippen LogP contribution >= 0.6 is 0 Å². The van der Waals surface area contributed by atoms with E-state index in [0.29, 0.717) is 22.2 Å². The van der Waals surface area contributed by atoms with Crippen molar-refractivity contribution in [1.82, 2.24) is 4.98 Å². The first-order valence-corrected chi connectivity index (χ1v) is 7.04. The van der Waals surface area contributed by atoms with Gasteiger partial charge in [-0.1, -0.05) is 30.9 Å². The van der Waals surface area contributed by atoms with Gasteiger partial charge in [0.2, 0.25) is 0 Å². The Morgan fingerprint density at radius 1 is 1.22 bits per heavy atom. The fourth-order valence-corrected chi connectivity index (χ4v) is 2.54. The Labute approximate surface area is 133 Å². The topological polar surface area (TPSA) is 39.2 Å². The predicted octanol–water partition coefficient (Wildman–Crippen LogP) is 4.47. The number of benzene rings is 2. The number of fused-ring (bicyclic) bond motifs is 1. The van der Waals surface area contributed by atoms with Crippen molar-refractivity contribution in [3.8, 4) is 11.3 Å². The number of methoxy groups -OCH3 is 1. The zero-order valence-electron chi connectivity index (χ0n) is 12.5. The number of halogens is 1. The van der Waals surface area contributed by atoms with Crippen molar-refractivity contribution in [1.29, 1.82) is 0 Å². The number of carbonyl (C=O) groups is 1. The van der Waals surface area contributed by atoms with Crippen LogP contribution in [-0.4, -0.2) is 18.1 Å². The number of nitrogens with zero attached hydrogens (tertiary/aromatic N) is 1. The highest BCUT2D eigenvalue weighted by atomic mass is 19.1. The van der Waals surface area contributed by atoms with Crippen LogP contribution < -0.4 is 0 Å². The quantitative estimate of drug-likeness (QED) is 0.670. The lowest BCUT2D eigenvalue weighted by Crippen LogP contribution is -2.01. The SMILES string of the molecule is C=Cc1cnc(-c2ccccc2F)c2cc(C(=O)OC)ccc12. The molecule has 3 aromatic rings. The van der Waals surface area contributed by atoms with Crippen molar-refractivity contribution in [2.45, 2.75) is 0 Å². The highest BCUT2D eigenvalue weighted by molar-refractivity contribution is 6.03. The number of hydrogen-bond acceptors (Lipinski definition) is 3. The summed E-state index contributed by atoms with van der Waals surface area (Å²) in [7, 11) is 1.32. The smallest absolute Gasteiger partial charge is 0.337 e. The third kappa shape index (κ3) is 2.59. The van der Waals surface area contributed by atoms with Gasteiger partial charge in [0.25, 0.3) is 0 Å². The van der Waals surface area contributed by atoms with Gasteiger partial charge in [0.05, 0.1) is 18.4 Å². The number of hydrogen-bond donors (Lipinski definition) is 0. The Hall–Kier alpha value is -3.01. The second kappa shape index (κ2) is 6.01. The van der Waals surface area contributed by atoms with Crippen molar-refractivity contribution in [2.75, 3.05) is 7.11 Å². The highest BCUT2D eigenvalue weighted by Crippen LogP contribution is 2.31. The minimum Gasteiger partial charge on any atom is -0.465 e. The van der Waals surface area contributed by atoms with Gasteiger partial charge >= 0.3 is 5.97 Å². The summed E-state index contributed by atoms with van der Waals surface area (Å²) in [6.45, 7) is 3.77. The van der Waals surface area contributed by atoms with E-state index in [9.17, 15) is 9.18 Å². The lowest BCUT2D eigenvalue weighted by molar-refractivity contribution is 0.0601. The molecule has 3 nitrogen and oxygen atoms in total. The molecule has 0 fully saturated rings. The van der Waals surface area contributed by atoms with Gasteiger partial charge in [-0.05, 0) is 29.7 Å². The van der Waals surface area contributed by atoms with Crippen molar-refractivity contribution in [3.05, 3.63) is 72.2 Å². The molecule has 1 aromatic heterocycles. The van der Waals surface area contributed by atoms with E-state index >= 15 is 0 Å². The Morgan fingerprint density at radius 3 is 2.70 bits per heavy atom. The first-order valence-electron chi connectivity index (χ1n) is 7.04. The van der Waals surface area contributed by atoms with Crippen LogP contribution in [-0.2, 0) is 4.74 Å². The van der Waals surface area contributed by atoms with E-state index in [4.69, 9.17) is 4.74 Å². The van der Waals surface area contributed by atoms with Gasteiger partial charge < -0.3 is 4.74 Å². The molecule has 0 amide bonds. The Morgan fingerprint density at radius 2 is 2.00 bits per heavy atom. The van der Waals surface area contributed by atoms with Crippen LogP contribution in [0, 0.1) is 5.82 Å². The highest BCUT2D eigenvalue weighted by Gasteiger charge is 2.14. The molecule has 114 valence electrons. The summed E-state index contributed by atoms with van der Waals surface area (Å²) in [6.07, 6.45) is 3.33. The van der Waals surface area contributed by atoms with Gasteiger partial charge in [0.15, 0.2) is 0 Å². The number of aromatic nitrogens is 1. The molecular weight excluding hydrogens is 293 g/mol. The number of ether oxygens (including phenoxy) is 1. The van der Waals surface area contributed by atoms with Gasteiger partial charge in [-0.25, -0.2) is 9.18 Å². The van der Waals surface area contributed by atoms with Gasteiger partial charge in [-0.3, -0.25) is 4.98 Å². The molecule has 0 aliphatic rings. The molecule has 0 radical (unpaired) electrons. The number of esters is 1. The molecule has 0 bridgehead atoms. The van der Waals surface area contributed by atoms with Gasteiger partial charge in [0.1, 0.15) is 5.82 Å². The second-order valence-electron chi connectivity index (χ2n) is 5.00. The molecule has 0 unspecified atom stereocenters. The van der Waals surface area contributed by atoms with Gasteiger partial charge in [-0.15, -0.1) is 0 Å². The Bertz CT molecular complexity index is 918. The second-order valence-corrected chi connectivity index (χ2v) is 5.00. The summed E-state index contributed by atoms with van der Waals surface area (Å²) in [6, 6.07) is 11.6. The molecule has 0 spiro atoms. The van der Waals surface area contributed by atoms with Crippen LogP contribution in [0.4, 0.5) is 4.39 Å². The largest absolute Gasteiger partial charge is 0.465 e. The predicted molar refractivity (Wildman–Crippen MR) is 88.6 cm³/mol. The first-order chi connectivity index (χ1) is 11.2. The van der Waals surface area contributed by atoms with Crippen LogP contribution in [0.15, 0.2) is 55.2 Å². The number of rotatable bonds is 3. The molecule has 2 aromatic carbocycles. The molecule has 0 N–H and O–H groups in total. The van der Waals surface area contributed by atoms with E-state index in [1.54, 1.807) is 48.7 Å². The van der Waals surface area contributed by atoms with Crippen LogP contribution in [0.25, 0.3) is 28.1 Å². The van der Waals surface area contributed by atoms with Crippen molar-refractivity contribution in [2.24, 2.45) is 0 Å². The fraction of sp³-hybridized carbons (Fsp3) is 0.0526. The van der Waals surface area contributed by atoms with Crippen LogP contribution in [0.1, 0.15) is 15.9 Å². The van der Waals surface area contributed by atoms with Crippen molar-refractivity contribution >= 4 is 22.8 Å². The zero-order valence-corrected chi connectivity index (χ0v) is 12.5. The monoisotopic (exact) mass is 307 g/mol. The van der Waals surface area contributed by atoms with E-state index in [0.717, 1.165) is 10.9 Å². The number of carbonyl (C=O) groups excluding carboxylic acids is 1. The zero-order chi connectivity index (χ0) is 16.4. The minimum absolute atomic E-state index is 0.365. The first kappa shape index (κ1) is 14.9. The van der Waals surface area contributed by atoms with E-state index in [2.05, 4.69) is 11.6 Å². The van der Waals surface area contributed by atoms with Crippen LogP contribution in [0.3, 0.4) is 0 Å². The minimum atomic E-state index is -0.449. The maximum absolute atomic E-state index is 14.2. The molecule has 23 heavy (non-hydrogen) atoms. The summed E-state index contributed by atoms with van der Waals surface area (Å²) in [5, 5.41) is 1.52. The summed E-state index contributed by atoms with van der Waals surface area (Å²) in [5.74, 6) is -0.813. The standard InChI is InChI=1S/C19H14FNO2/c1-3-12-11-21-18(15-6-4-5-7-17(15)20)16-10-13(19(22)23-2)8-9-14(12)16/h3-11H,1H2,2H3. The third-order valence-electron chi connectivity index (χ3n) is 3.69. The molecule has 0 saturated carbocycles. The van der Waals surface area contributed by atoms with E-state index < -0.39 is 5.97 Å². The lowest BCUT2D eigenvalue weighted by Gasteiger charge is -2.10. The molecule has 0 saturated heterocycles. The van der Waals surface area contributed by atoms with E-state index in [-0.39, 0.29) is 5.82 Å². The van der Waals surface area contributed by atoms with Crippen molar-refractivity contribution < 1.29 is 13.9 Å². The average Bonchev–Trinajstić information content (AvgIpc) is 2.60. The third-order valence-corrected chi connectivity index (χ3v) is 3.69. The summed E-state index contributed by atoms with van der Waals surface area (Å²) in [5.41, 5.74) is 2.07. The summed E-state index contributed by atoms with van der Waals surface area (Å²) in [4.78, 5) is 16.2. The van der Waals surface area contributed by atoms with E-state index in [1.807, 2.05) is 0 Å². The molecular formula is C19H14FNO2. The van der Waals surface area contributed by atoms with Gasteiger partial charge in [0, 0.05) is 22.7 Å². The fourth-order valence-electron chi connectivity index (χ4n) is 2.54. The molecule has 0 aliphatic carbocycles. The molecule has 1 heterocycles. The van der Waals surface area contributed by atoms with Crippen LogP contribution in [0.5, 0.6) is 0 Å². The normalized spacial score (nSPS) is 10.5. The number of pyridine rings is 1. The maximum atomic E-state index is 14.2. The van der Waals surface area contributed by atoms with E-state index in [1.165, 1.54) is 13.2 Å². The Balaban J connectivity index is 2.36.